The third kappa shape index (κ3) is 6.24. The number of ether oxygens (including phenoxy) is 1. The lowest BCUT2D eigenvalue weighted by Crippen LogP contribution is -2.54. The average Bonchev–Trinajstić information content (AvgIpc) is 3.67. The van der Waals surface area contributed by atoms with Crippen LogP contribution in [0.5, 0.6) is 0 Å². The van der Waals surface area contributed by atoms with Gasteiger partial charge >= 0.3 is 12.0 Å². The number of hydrogen-bond donors (Lipinski definition) is 0. The van der Waals surface area contributed by atoms with Gasteiger partial charge in [0.1, 0.15) is 24.0 Å². The van der Waals surface area contributed by atoms with Crippen LogP contribution in [0.25, 0.3) is 0 Å². The van der Waals surface area contributed by atoms with Crippen LogP contribution in [0, 0.1) is 5.92 Å². The molecule has 0 spiro atoms. The van der Waals surface area contributed by atoms with Crippen LogP contribution >= 0.6 is 11.8 Å². The van der Waals surface area contributed by atoms with Gasteiger partial charge in [0.15, 0.2) is 0 Å². The zero-order valence-electron chi connectivity index (χ0n) is 23.7. The molecule has 1 aromatic carbocycles. The number of aromatic nitrogens is 2. The van der Waals surface area contributed by atoms with E-state index in [0.717, 1.165) is 24.8 Å². The van der Waals surface area contributed by atoms with Crippen molar-refractivity contribution < 1.29 is 36.7 Å². The number of likely N-dealkylation sites (tertiary alicyclic amines) is 1. The number of aryl methyl sites for hydroxylation is 1. The fourth-order valence-electron chi connectivity index (χ4n) is 6.28. The lowest BCUT2D eigenvalue weighted by molar-refractivity contribution is -0.156. The number of nitrogens with zero attached hydrogens (tertiary/aromatic N) is 5. The number of rotatable bonds is 7. The molecule has 14 heteroatoms. The zero-order chi connectivity index (χ0) is 30.8. The number of urea groups is 1. The van der Waals surface area contributed by atoms with Crippen molar-refractivity contribution in [2.75, 3.05) is 20.7 Å². The Morgan fingerprint density at radius 2 is 1.91 bits per heavy atom. The number of piperidine rings is 1. The van der Waals surface area contributed by atoms with Crippen molar-refractivity contribution in [2.45, 2.75) is 69.0 Å². The van der Waals surface area contributed by atoms with Crippen molar-refractivity contribution in [3.63, 3.8) is 0 Å². The first kappa shape index (κ1) is 30.9. The molecule has 232 valence electrons. The maximum absolute atomic E-state index is 13.8. The number of methoxy groups -OCH3 is 1. The van der Waals surface area contributed by atoms with Crippen molar-refractivity contribution in [1.82, 2.24) is 24.5 Å². The largest absolute Gasteiger partial charge is 0.467 e. The lowest BCUT2D eigenvalue weighted by atomic mass is 9.87. The molecule has 1 saturated heterocycles. The molecule has 4 atom stereocenters. The van der Waals surface area contributed by atoms with E-state index in [1.165, 1.54) is 29.3 Å². The average molecular weight is 624 g/mol. The Kier molecular flexibility index (Phi) is 9.33. The molecule has 3 heterocycles. The summed E-state index contributed by atoms with van der Waals surface area (Å²) in [6.07, 6.45) is -1.09. The summed E-state index contributed by atoms with van der Waals surface area (Å²) < 4.78 is 58.7. The molecule has 0 bridgehead atoms. The quantitative estimate of drug-likeness (QED) is 0.299. The van der Waals surface area contributed by atoms with Gasteiger partial charge in [0.25, 0.3) is 12.9 Å². The molecule has 3 aliphatic rings. The number of alkyl halides is 4. The van der Waals surface area contributed by atoms with Crippen LogP contribution in [0.15, 0.2) is 41.9 Å². The van der Waals surface area contributed by atoms with Gasteiger partial charge in [-0.15, -0.1) is 11.8 Å². The Morgan fingerprint density at radius 3 is 2.63 bits per heavy atom. The second-order valence-corrected chi connectivity index (χ2v) is 11.9. The predicted octanol–water partition coefficient (Wildman–Crippen LogP) is 5.51. The van der Waals surface area contributed by atoms with Crippen molar-refractivity contribution in [1.29, 1.82) is 0 Å². The van der Waals surface area contributed by atoms with E-state index in [0.29, 0.717) is 17.2 Å². The summed E-state index contributed by atoms with van der Waals surface area (Å²) in [6.45, 7) is -0.649. The summed E-state index contributed by atoms with van der Waals surface area (Å²) in [4.78, 5) is 44.6. The van der Waals surface area contributed by atoms with Gasteiger partial charge in [-0.3, -0.25) is 14.4 Å². The molecular formula is C29H33F4N5O4S. The number of thioether (sulfide) groups is 1. The predicted molar refractivity (Wildman–Crippen MR) is 150 cm³/mol. The van der Waals surface area contributed by atoms with E-state index in [-0.39, 0.29) is 36.3 Å². The van der Waals surface area contributed by atoms with E-state index in [9.17, 15) is 31.9 Å². The summed E-state index contributed by atoms with van der Waals surface area (Å²) in [6, 6.07) is 7.42. The third-order valence-corrected chi connectivity index (χ3v) is 9.61. The van der Waals surface area contributed by atoms with Crippen molar-refractivity contribution in [3.8, 4) is 0 Å². The van der Waals surface area contributed by atoms with Gasteiger partial charge in [-0.05, 0) is 60.6 Å². The standard InChI is InChI=1S/C29H33F4N5O4S/c1-35(21-9-5-7-17-6-3-4-8-19(17)21)29(41)37-12-13-43-27(37)18-10-11-36(23(14-18)28(40)42-2)24(39)16-38-22(26(32)33)15-20(34-38)25(30)31/h3-4,6,8,12-13,15,18,21,23,25-27H,5,7,9-11,14,16H2,1-2H3. The Hall–Kier alpha value is -3.55. The van der Waals surface area contributed by atoms with E-state index < -0.39 is 48.7 Å². The van der Waals surface area contributed by atoms with Crippen LogP contribution < -0.4 is 0 Å². The zero-order valence-corrected chi connectivity index (χ0v) is 24.6. The summed E-state index contributed by atoms with van der Waals surface area (Å²) in [5.41, 5.74) is 0.715. The monoisotopic (exact) mass is 623 g/mol. The van der Waals surface area contributed by atoms with Crippen molar-refractivity contribution in [2.24, 2.45) is 5.92 Å². The van der Waals surface area contributed by atoms with Crippen LogP contribution in [-0.4, -0.2) is 74.5 Å². The van der Waals surface area contributed by atoms with Gasteiger partial charge in [-0.1, -0.05) is 24.3 Å². The number of carbonyl (C=O) groups is 3. The molecule has 1 aromatic heterocycles. The maximum atomic E-state index is 13.8. The highest BCUT2D eigenvalue weighted by Crippen LogP contribution is 2.41. The minimum absolute atomic E-state index is 0.0644. The number of fused-ring (bicyclic) bond motifs is 1. The molecular weight excluding hydrogens is 590 g/mol. The van der Waals surface area contributed by atoms with Crippen LogP contribution in [0.4, 0.5) is 22.4 Å². The SMILES string of the molecule is COC(=O)C1CC(C2SC=CN2C(=O)N(C)C2CCCc3ccccc32)CCN1C(=O)Cn1nc(C(F)F)cc1C(F)F. The van der Waals surface area contributed by atoms with Gasteiger partial charge < -0.3 is 14.5 Å². The van der Waals surface area contributed by atoms with Crippen LogP contribution in [-0.2, 0) is 27.3 Å². The third-order valence-electron chi connectivity index (χ3n) is 8.44. The van der Waals surface area contributed by atoms with E-state index in [1.807, 2.05) is 17.5 Å². The number of amides is 3. The van der Waals surface area contributed by atoms with E-state index in [1.54, 1.807) is 23.0 Å². The Morgan fingerprint density at radius 1 is 1.14 bits per heavy atom. The summed E-state index contributed by atoms with van der Waals surface area (Å²) >= 11 is 1.45. The Bertz CT molecular complexity index is 1390. The second-order valence-electron chi connectivity index (χ2n) is 10.9. The summed E-state index contributed by atoms with van der Waals surface area (Å²) in [5.74, 6) is -1.61. The van der Waals surface area contributed by atoms with Crippen LogP contribution in [0.3, 0.4) is 0 Å². The van der Waals surface area contributed by atoms with Gasteiger partial charge in [0.05, 0.1) is 18.5 Å². The van der Waals surface area contributed by atoms with Crippen LogP contribution in [0.2, 0.25) is 0 Å². The van der Waals surface area contributed by atoms with Crippen molar-refractivity contribution in [3.05, 3.63) is 64.5 Å². The number of halogens is 4. The second kappa shape index (κ2) is 13.0. The highest BCUT2D eigenvalue weighted by atomic mass is 32.2. The molecule has 0 N–H and O–H groups in total. The molecule has 2 aromatic rings. The van der Waals surface area contributed by atoms with E-state index in [4.69, 9.17) is 4.74 Å². The summed E-state index contributed by atoms with van der Waals surface area (Å²) in [5, 5.41) is 5.00. The van der Waals surface area contributed by atoms with Gasteiger partial charge in [-0.2, -0.15) is 5.10 Å². The lowest BCUT2D eigenvalue weighted by Gasteiger charge is -2.42. The highest BCUT2D eigenvalue weighted by molar-refractivity contribution is 8.02. The molecule has 0 radical (unpaired) electrons. The van der Waals surface area contributed by atoms with Gasteiger partial charge in [0, 0.05) is 19.8 Å². The molecule has 43 heavy (non-hydrogen) atoms. The van der Waals surface area contributed by atoms with Gasteiger partial charge in [0.2, 0.25) is 5.91 Å². The maximum Gasteiger partial charge on any atom is 0.328 e. The molecule has 3 amide bonds. The molecule has 1 fully saturated rings. The fourth-order valence-corrected chi connectivity index (χ4v) is 7.40. The molecule has 0 saturated carbocycles. The topological polar surface area (TPSA) is 88.0 Å². The number of carbonyl (C=O) groups excluding carboxylic acids is 3. The van der Waals surface area contributed by atoms with Crippen LogP contribution in [0.1, 0.15) is 67.1 Å². The van der Waals surface area contributed by atoms with E-state index >= 15 is 0 Å². The molecule has 9 nitrogen and oxygen atoms in total. The summed E-state index contributed by atoms with van der Waals surface area (Å²) in [7, 11) is 2.98. The fraction of sp³-hybridized carbons (Fsp3) is 0.517. The normalized spacial score (nSPS) is 23.5. The van der Waals surface area contributed by atoms with E-state index in [2.05, 4.69) is 17.2 Å². The molecule has 4 unspecified atom stereocenters. The molecule has 5 rings (SSSR count). The first-order valence-corrected chi connectivity index (χ1v) is 15.0. The smallest absolute Gasteiger partial charge is 0.328 e. The minimum atomic E-state index is -3.12. The minimum Gasteiger partial charge on any atom is -0.467 e. The number of esters is 1. The number of benzene rings is 1. The highest BCUT2D eigenvalue weighted by Gasteiger charge is 2.44. The Labute approximate surface area is 250 Å². The Balaban J connectivity index is 1.30. The van der Waals surface area contributed by atoms with Crippen molar-refractivity contribution >= 4 is 29.7 Å². The molecule has 2 aliphatic heterocycles. The number of hydrogen-bond acceptors (Lipinski definition) is 6. The van der Waals surface area contributed by atoms with Gasteiger partial charge in [-0.25, -0.2) is 27.2 Å². The first-order chi connectivity index (χ1) is 20.6. The molecule has 1 aliphatic carbocycles. The first-order valence-electron chi connectivity index (χ1n) is 14.1.